The molecule has 0 unspecified atom stereocenters. The van der Waals surface area contributed by atoms with Gasteiger partial charge in [-0.3, -0.25) is 9.38 Å². The molecule has 0 amide bonds. The number of hydrogen-bond donors (Lipinski definition) is 0. The predicted molar refractivity (Wildman–Crippen MR) is 138 cm³/mol. The van der Waals surface area contributed by atoms with E-state index in [1.54, 1.807) is 23.0 Å². The lowest BCUT2D eigenvalue weighted by atomic mass is 10.0. The number of alkyl halides is 3. The minimum atomic E-state index is -4.65. The van der Waals surface area contributed by atoms with Gasteiger partial charge in [0, 0.05) is 42.3 Å². The van der Waals surface area contributed by atoms with E-state index in [0.29, 0.717) is 23.5 Å². The molecule has 0 aliphatic carbocycles. The number of pyridine rings is 2. The third-order valence-electron chi connectivity index (χ3n) is 5.99. The van der Waals surface area contributed by atoms with Gasteiger partial charge >= 0.3 is 6.18 Å². The zero-order valence-corrected chi connectivity index (χ0v) is 21.0. The molecule has 39 heavy (non-hydrogen) atoms. The van der Waals surface area contributed by atoms with Crippen molar-refractivity contribution in [2.24, 2.45) is 5.10 Å². The van der Waals surface area contributed by atoms with Gasteiger partial charge in [-0.25, -0.2) is 9.37 Å². The van der Waals surface area contributed by atoms with Crippen LogP contribution in [0.1, 0.15) is 11.3 Å². The molecule has 0 radical (unpaired) electrons. The van der Waals surface area contributed by atoms with Gasteiger partial charge in [-0.1, -0.05) is 18.2 Å². The van der Waals surface area contributed by atoms with Crippen LogP contribution in [-0.4, -0.2) is 40.5 Å². The first-order chi connectivity index (χ1) is 18.5. The van der Waals surface area contributed by atoms with Crippen molar-refractivity contribution in [3.63, 3.8) is 0 Å². The van der Waals surface area contributed by atoms with Gasteiger partial charge in [0.15, 0.2) is 0 Å². The number of aromatic nitrogens is 3. The normalized spacial score (nSPS) is 12.3. The standard InChI is InChI=1S/C27H19F4N5O2S/c1-35(34-16-22-15-33-26-11-6-20(17-36(22)26)19-3-2-12-32-14-19)39(37,38)23-8-4-18(5-9-23)24-13-21(27(29,30)31)7-10-25(24)28/h2-17H,1H3/b34-16+. The minimum absolute atomic E-state index is 0.0962. The number of sulfonamides is 1. The number of nitrogens with zero attached hydrogens (tertiary/aromatic N) is 5. The second-order valence-corrected chi connectivity index (χ2v) is 10.4. The van der Waals surface area contributed by atoms with Gasteiger partial charge in [-0.15, -0.1) is 0 Å². The van der Waals surface area contributed by atoms with E-state index < -0.39 is 27.6 Å². The third kappa shape index (κ3) is 5.23. The summed E-state index contributed by atoms with van der Waals surface area (Å²) in [6.07, 6.45) is 3.47. The Bertz CT molecular complexity index is 1790. The maximum Gasteiger partial charge on any atom is 0.416 e. The summed E-state index contributed by atoms with van der Waals surface area (Å²) in [6.45, 7) is 0. The van der Waals surface area contributed by atoms with Crippen molar-refractivity contribution < 1.29 is 26.0 Å². The molecule has 12 heteroatoms. The number of rotatable bonds is 6. The van der Waals surface area contributed by atoms with E-state index in [4.69, 9.17) is 0 Å². The summed E-state index contributed by atoms with van der Waals surface area (Å²) >= 11 is 0. The van der Waals surface area contributed by atoms with Crippen LogP contribution in [0.15, 0.2) is 102 Å². The van der Waals surface area contributed by atoms with E-state index in [1.165, 1.54) is 37.5 Å². The maximum atomic E-state index is 14.3. The first-order valence-electron chi connectivity index (χ1n) is 11.4. The summed E-state index contributed by atoms with van der Waals surface area (Å²) in [5, 5.41) is 4.06. The molecule has 0 saturated heterocycles. The van der Waals surface area contributed by atoms with Crippen LogP contribution in [0.3, 0.4) is 0 Å². The number of hydrogen-bond acceptors (Lipinski definition) is 5. The molecule has 3 heterocycles. The molecule has 5 rings (SSSR count). The summed E-state index contributed by atoms with van der Waals surface area (Å²) < 4.78 is 82.0. The van der Waals surface area contributed by atoms with Gasteiger partial charge < -0.3 is 0 Å². The SMILES string of the molecule is CN(/N=C/c1cnc2ccc(-c3cccnc3)cn12)S(=O)(=O)c1ccc(-c2cc(C(F)(F)F)ccc2F)cc1. The van der Waals surface area contributed by atoms with Crippen molar-refractivity contribution in [3.05, 3.63) is 109 Å². The smallest absolute Gasteiger partial charge is 0.298 e. The largest absolute Gasteiger partial charge is 0.416 e. The van der Waals surface area contributed by atoms with Crippen molar-refractivity contribution >= 4 is 21.9 Å². The average molecular weight is 554 g/mol. The molecule has 5 aromatic rings. The van der Waals surface area contributed by atoms with E-state index in [2.05, 4.69) is 15.1 Å². The molecule has 0 N–H and O–H groups in total. The van der Waals surface area contributed by atoms with Crippen molar-refractivity contribution in [2.45, 2.75) is 11.1 Å². The molecule has 0 fully saturated rings. The molecule has 0 aliphatic heterocycles. The number of benzene rings is 2. The Hall–Kier alpha value is -4.58. The van der Waals surface area contributed by atoms with Gasteiger partial charge in [-0.2, -0.15) is 31.1 Å². The van der Waals surface area contributed by atoms with Gasteiger partial charge in [-0.05, 0) is 54.1 Å². The average Bonchev–Trinajstić information content (AvgIpc) is 3.34. The molecule has 0 aliphatic rings. The van der Waals surface area contributed by atoms with Crippen molar-refractivity contribution in [2.75, 3.05) is 7.05 Å². The van der Waals surface area contributed by atoms with Crippen LogP contribution in [0.2, 0.25) is 0 Å². The van der Waals surface area contributed by atoms with E-state index in [-0.39, 0.29) is 16.0 Å². The van der Waals surface area contributed by atoms with Crippen LogP contribution < -0.4 is 0 Å². The summed E-state index contributed by atoms with van der Waals surface area (Å²) in [4.78, 5) is 8.25. The minimum Gasteiger partial charge on any atom is -0.298 e. The molecule has 0 atom stereocenters. The molecule has 2 aromatic carbocycles. The molecule has 7 nitrogen and oxygen atoms in total. The van der Waals surface area contributed by atoms with Gasteiger partial charge in [0.1, 0.15) is 11.5 Å². The lowest BCUT2D eigenvalue weighted by molar-refractivity contribution is -0.137. The predicted octanol–water partition coefficient (Wildman–Crippen LogP) is 5.88. The second-order valence-electron chi connectivity index (χ2n) is 8.47. The molecular weight excluding hydrogens is 534 g/mol. The first-order valence-corrected chi connectivity index (χ1v) is 12.9. The molecule has 0 spiro atoms. The van der Waals surface area contributed by atoms with Crippen molar-refractivity contribution in [1.82, 2.24) is 18.8 Å². The van der Waals surface area contributed by atoms with Crippen molar-refractivity contribution in [3.8, 4) is 22.3 Å². The summed E-state index contributed by atoms with van der Waals surface area (Å²) in [6, 6.07) is 14.4. The zero-order valence-electron chi connectivity index (χ0n) is 20.2. The van der Waals surface area contributed by atoms with E-state index in [1.807, 2.05) is 30.5 Å². The maximum absolute atomic E-state index is 14.3. The van der Waals surface area contributed by atoms with Crippen LogP contribution in [0.4, 0.5) is 17.6 Å². The van der Waals surface area contributed by atoms with Gasteiger partial charge in [0.25, 0.3) is 10.0 Å². The lowest BCUT2D eigenvalue weighted by Gasteiger charge is -2.14. The second kappa shape index (κ2) is 9.95. The van der Waals surface area contributed by atoms with Crippen LogP contribution in [0, 0.1) is 5.82 Å². The number of hydrazone groups is 1. The summed E-state index contributed by atoms with van der Waals surface area (Å²) in [7, 11) is -2.87. The van der Waals surface area contributed by atoms with E-state index in [9.17, 15) is 26.0 Å². The highest BCUT2D eigenvalue weighted by Crippen LogP contribution is 2.34. The Morgan fingerprint density at radius 2 is 1.69 bits per heavy atom. The highest BCUT2D eigenvalue weighted by molar-refractivity contribution is 7.89. The summed E-state index contributed by atoms with van der Waals surface area (Å²) in [5.74, 6) is -0.861. The molecular formula is C27H19F4N5O2S. The Morgan fingerprint density at radius 3 is 2.38 bits per heavy atom. The fourth-order valence-electron chi connectivity index (χ4n) is 3.88. The van der Waals surface area contributed by atoms with E-state index in [0.717, 1.165) is 21.6 Å². The molecule has 198 valence electrons. The first kappa shape index (κ1) is 26.0. The van der Waals surface area contributed by atoms with Crippen LogP contribution in [-0.2, 0) is 16.2 Å². The fourth-order valence-corrected chi connectivity index (χ4v) is 4.84. The third-order valence-corrected chi connectivity index (χ3v) is 7.64. The Labute approximate surface area is 220 Å². The summed E-state index contributed by atoms with van der Waals surface area (Å²) in [5.41, 5.74) is 1.72. The number of imidazole rings is 1. The van der Waals surface area contributed by atoms with Crippen molar-refractivity contribution in [1.29, 1.82) is 0 Å². The molecule has 0 bridgehead atoms. The van der Waals surface area contributed by atoms with E-state index >= 15 is 0 Å². The zero-order chi connectivity index (χ0) is 27.8. The van der Waals surface area contributed by atoms with Crippen LogP contribution in [0.25, 0.3) is 27.9 Å². The monoisotopic (exact) mass is 553 g/mol. The Balaban J connectivity index is 1.39. The Morgan fingerprint density at radius 1 is 0.949 bits per heavy atom. The Kier molecular flexibility index (Phi) is 6.64. The topological polar surface area (TPSA) is 79.9 Å². The number of fused-ring (bicyclic) bond motifs is 1. The van der Waals surface area contributed by atoms with Gasteiger partial charge in [0.2, 0.25) is 0 Å². The fraction of sp³-hybridized carbons (Fsp3) is 0.0741. The molecule has 0 saturated carbocycles. The van der Waals surface area contributed by atoms with Gasteiger partial charge in [0.05, 0.1) is 28.6 Å². The quantitative estimate of drug-likeness (QED) is 0.150. The van der Waals surface area contributed by atoms with Crippen LogP contribution >= 0.6 is 0 Å². The molecule has 3 aromatic heterocycles. The lowest BCUT2D eigenvalue weighted by Crippen LogP contribution is -2.22. The highest BCUT2D eigenvalue weighted by Gasteiger charge is 2.31. The van der Waals surface area contributed by atoms with Crippen LogP contribution in [0.5, 0.6) is 0 Å². The highest BCUT2D eigenvalue weighted by atomic mass is 32.2. The number of halogens is 4.